The number of benzene rings is 1. The lowest BCUT2D eigenvalue weighted by molar-refractivity contribution is -0.0493. The first kappa shape index (κ1) is 19.5. The number of rotatable bonds is 5. The number of hydrogen-bond donors (Lipinski definition) is 2. The molecular weight excluding hydrogens is 394 g/mol. The Bertz CT molecular complexity index is 855. The number of halogens is 2. The molecule has 0 radical (unpaired) electrons. The second-order valence-corrected chi connectivity index (χ2v) is 7.37. The van der Waals surface area contributed by atoms with Crippen LogP contribution in [-0.2, 0) is 17.6 Å². The van der Waals surface area contributed by atoms with Gasteiger partial charge in [0.15, 0.2) is 5.11 Å². The van der Waals surface area contributed by atoms with Crippen molar-refractivity contribution in [2.24, 2.45) is 0 Å². The molecule has 0 aliphatic heterocycles. The molecule has 0 saturated heterocycles. The van der Waals surface area contributed by atoms with Crippen LogP contribution in [-0.4, -0.2) is 24.8 Å². The molecule has 1 aliphatic rings. The number of carbonyl (C=O) groups excluding carboxylic acids is 1. The van der Waals surface area contributed by atoms with Crippen LogP contribution in [0.3, 0.4) is 0 Å². The second kappa shape index (κ2) is 8.62. The van der Waals surface area contributed by atoms with E-state index in [1.807, 2.05) is 0 Å². The first-order valence-electron chi connectivity index (χ1n) is 8.34. The Morgan fingerprint density at radius 2 is 1.96 bits per heavy atom. The van der Waals surface area contributed by atoms with E-state index in [2.05, 4.69) is 15.4 Å². The summed E-state index contributed by atoms with van der Waals surface area (Å²) in [6, 6.07) is 6.25. The topological polar surface area (TPSA) is 59.6 Å². The number of nitrogens with one attached hydrogen (secondary N) is 2. The SMILES string of the molecule is COC(=O)c1c(NC(=S)Nc2ccccc2OC(F)F)sc2c1CCCC2. The fourth-order valence-electron chi connectivity index (χ4n) is 3.00. The summed E-state index contributed by atoms with van der Waals surface area (Å²) in [6.07, 6.45) is 3.84. The minimum absolute atomic E-state index is 0.0182. The molecule has 0 bridgehead atoms. The van der Waals surface area contributed by atoms with Gasteiger partial charge in [-0.05, 0) is 55.6 Å². The highest BCUT2D eigenvalue weighted by Crippen LogP contribution is 2.38. The maximum atomic E-state index is 12.5. The van der Waals surface area contributed by atoms with Crippen LogP contribution in [0.2, 0.25) is 0 Å². The molecule has 1 aromatic carbocycles. The summed E-state index contributed by atoms with van der Waals surface area (Å²) in [7, 11) is 1.34. The number of anilines is 2. The van der Waals surface area contributed by atoms with Gasteiger partial charge >= 0.3 is 12.6 Å². The van der Waals surface area contributed by atoms with E-state index >= 15 is 0 Å². The van der Waals surface area contributed by atoms with Crippen LogP contribution in [0.4, 0.5) is 19.5 Å². The molecule has 1 aliphatic carbocycles. The van der Waals surface area contributed by atoms with Crippen molar-refractivity contribution in [3.63, 3.8) is 0 Å². The molecule has 27 heavy (non-hydrogen) atoms. The number of methoxy groups -OCH3 is 1. The smallest absolute Gasteiger partial charge is 0.387 e. The fourth-order valence-corrected chi connectivity index (χ4v) is 4.56. The van der Waals surface area contributed by atoms with Crippen molar-refractivity contribution in [3.8, 4) is 5.75 Å². The van der Waals surface area contributed by atoms with Gasteiger partial charge in [0.2, 0.25) is 0 Å². The van der Waals surface area contributed by atoms with Gasteiger partial charge in [-0.15, -0.1) is 11.3 Å². The minimum atomic E-state index is -2.94. The monoisotopic (exact) mass is 412 g/mol. The molecule has 144 valence electrons. The lowest BCUT2D eigenvalue weighted by atomic mass is 9.95. The minimum Gasteiger partial charge on any atom is -0.465 e. The molecule has 0 fully saturated rings. The van der Waals surface area contributed by atoms with Crippen molar-refractivity contribution >= 4 is 45.3 Å². The zero-order valence-electron chi connectivity index (χ0n) is 14.5. The third-order valence-corrected chi connectivity index (χ3v) is 5.55. The van der Waals surface area contributed by atoms with Crippen molar-refractivity contribution in [1.29, 1.82) is 0 Å². The molecule has 0 unspecified atom stereocenters. The second-order valence-electron chi connectivity index (χ2n) is 5.86. The van der Waals surface area contributed by atoms with Crippen LogP contribution in [0, 0.1) is 0 Å². The normalized spacial score (nSPS) is 13.0. The summed E-state index contributed by atoms with van der Waals surface area (Å²) >= 11 is 6.77. The Hall–Kier alpha value is -2.26. The summed E-state index contributed by atoms with van der Waals surface area (Å²) in [5.74, 6) is -0.434. The maximum Gasteiger partial charge on any atom is 0.387 e. The number of hydrogen-bond acceptors (Lipinski definition) is 5. The molecule has 3 rings (SSSR count). The predicted octanol–water partition coefficient (Wildman–Crippen LogP) is 4.82. The summed E-state index contributed by atoms with van der Waals surface area (Å²) in [5, 5.41) is 6.62. The standard InChI is InChI=1S/C18H18F2N2O3S2/c1-24-16(23)14-10-6-2-5-9-13(10)27-15(14)22-18(26)21-11-7-3-4-8-12(11)25-17(19)20/h3-4,7-8,17H,2,5-6,9H2,1H3,(H2,21,22,26). The molecule has 9 heteroatoms. The van der Waals surface area contributed by atoms with Crippen molar-refractivity contribution in [1.82, 2.24) is 0 Å². The lowest BCUT2D eigenvalue weighted by Crippen LogP contribution is -2.21. The van der Waals surface area contributed by atoms with Crippen LogP contribution < -0.4 is 15.4 Å². The predicted molar refractivity (Wildman–Crippen MR) is 105 cm³/mol. The van der Waals surface area contributed by atoms with E-state index in [1.54, 1.807) is 18.2 Å². The fraction of sp³-hybridized carbons (Fsp3) is 0.333. The highest BCUT2D eigenvalue weighted by Gasteiger charge is 2.26. The van der Waals surface area contributed by atoms with Gasteiger partial charge in [0.05, 0.1) is 18.4 Å². The first-order chi connectivity index (χ1) is 13.0. The number of thiocarbonyl (C=S) groups is 1. The van der Waals surface area contributed by atoms with Gasteiger partial charge in [-0.3, -0.25) is 0 Å². The molecule has 2 aromatic rings. The van der Waals surface area contributed by atoms with Crippen molar-refractivity contribution in [3.05, 3.63) is 40.3 Å². The third kappa shape index (κ3) is 4.54. The number of alkyl halides is 2. The van der Waals surface area contributed by atoms with Crippen LogP contribution in [0.15, 0.2) is 24.3 Å². The van der Waals surface area contributed by atoms with Crippen molar-refractivity contribution in [2.45, 2.75) is 32.3 Å². The van der Waals surface area contributed by atoms with E-state index in [0.29, 0.717) is 16.3 Å². The van der Waals surface area contributed by atoms with E-state index in [0.717, 1.165) is 36.1 Å². The Morgan fingerprint density at radius 1 is 1.22 bits per heavy atom. The summed E-state index contributed by atoms with van der Waals surface area (Å²) in [6.45, 7) is -2.94. The molecular formula is C18H18F2N2O3S2. The van der Waals surface area contributed by atoms with Gasteiger partial charge in [-0.1, -0.05) is 12.1 Å². The lowest BCUT2D eigenvalue weighted by Gasteiger charge is -2.14. The number of fused-ring (bicyclic) bond motifs is 1. The Balaban J connectivity index is 1.81. The van der Waals surface area contributed by atoms with E-state index in [9.17, 15) is 13.6 Å². The van der Waals surface area contributed by atoms with Gasteiger partial charge in [0, 0.05) is 4.88 Å². The van der Waals surface area contributed by atoms with Crippen LogP contribution in [0.5, 0.6) is 5.75 Å². The van der Waals surface area contributed by atoms with Crippen LogP contribution in [0.1, 0.15) is 33.6 Å². The largest absolute Gasteiger partial charge is 0.465 e. The van der Waals surface area contributed by atoms with Gasteiger partial charge < -0.3 is 20.1 Å². The molecule has 0 atom stereocenters. The molecule has 0 spiro atoms. The summed E-state index contributed by atoms with van der Waals surface area (Å²) < 4.78 is 34.5. The van der Waals surface area contributed by atoms with E-state index in [-0.39, 0.29) is 10.9 Å². The Morgan fingerprint density at radius 3 is 2.70 bits per heavy atom. The van der Waals surface area contributed by atoms with Crippen LogP contribution >= 0.6 is 23.6 Å². The highest BCUT2D eigenvalue weighted by atomic mass is 32.1. The van der Waals surface area contributed by atoms with E-state index in [4.69, 9.17) is 17.0 Å². The van der Waals surface area contributed by atoms with Crippen molar-refractivity contribution in [2.75, 3.05) is 17.7 Å². The number of carbonyl (C=O) groups is 1. The van der Waals surface area contributed by atoms with Crippen LogP contribution in [0.25, 0.3) is 0 Å². The molecule has 2 N–H and O–H groups in total. The number of thiophene rings is 1. The Kier molecular flexibility index (Phi) is 6.22. The maximum absolute atomic E-state index is 12.5. The zero-order valence-corrected chi connectivity index (χ0v) is 16.1. The van der Waals surface area contributed by atoms with Gasteiger partial charge in [0.1, 0.15) is 10.8 Å². The third-order valence-electron chi connectivity index (χ3n) is 4.14. The highest BCUT2D eigenvalue weighted by molar-refractivity contribution is 7.80. The van der Waals surface area contributed by atoms with E-state index < -0.39 is 12.6 Å². The molecule has 5 nitrogen and oxygen atoms in total. The molecule has 1 heterocycles. The number of aryl methyl sites for hydroxylation is 1. The van der Waals surface area contributed by atoms with Crippen molar-refractivity contribution < 1.29 is 23.0 Å². The first-order valence-corrected chi connectivity index (χ1v) is 9.56. The van der Waals surface area contributed by atoms with E-state index in [1.165, 1.54) is 24.5 Å². The average Bonchev–Trinajstić information content (AvgIpc) is 3.00. The van der Waals surface area contributed by atoms with Gasteiger partial charge in [-0.25, -0.2) is 4.79 Å². The van der Waals surface area contributed by atoms with Gasteiger partial charge in [0.25, 0.3) is 0 Å². The number of para-hydroxylation sites is 2. The quantitative estimate of drug-likeness (QED) is 0.542. The molecule has 0 amide bonds. The average molecular weight is 412 g/mol. The zero-order chi connectivity index (χ0) is 19.4. The molecule has 1 aromatic heterocycles. The van der Waals surface area contributed by atoms with Gasteiger partial charge in [-0.2, -0.15) is 8.78 Å². The summed E-state index contributed by atoms with van der Waals surface area (Å²) in [5.41, 5.74) is 1.81. The summed E-state index contributed by atoms with van der Waals surface area (Å²) in [4.78, 5) is 13.4. The molecule has 0 saturated carbocycles. The Labute approximate surface area is 164 Å². The number of esters is 1. The number of ether oxygens (including phenoxy) is 2.